The van der Waals surface area contributed by atoms with Gasteiger partial charge in [-0.05, 0) is 24.3 Å². The lowest BCUT2D eigenvalue weighted by atomic mass is 10.2. The molecule has 2 aromatic rings. The highest BCUT2D eigenvalue weighted by Gasteiger charge is 2.24. The van der Waals surface area contributed by atoms with E-state index in [0.717, 1.165) is 18.4 Å². The maximum atomic E-state index is 14.0. The molecule has 0 spiro atoms. The third-order valence-electron chi connectivity index (χ3n) is 3.55. The Bertz CT molecular complexity index is 950. The number of ether oxygens (including phenoxy) is 2. The SMILES string of the molecule is COc1ccc(OC)c(NC(=O)CN(c2ccc(F)cc2F)S(C)(=O)=O)c1. The van der Waals surface area contributed by atoms with Crippen molar-refractivity contribution in [1.29, 1.82) is 0 Å². The molecule has 0 aliphatic rings. The fourth-order valence-corrected chi connectivity index (χ4v) is 3.15. The lowest BCUT2D eigenvalue weighted by molar-refractivity contribution is -0.114. The molecule has 0 aliphatic heterocycles. The van der Waals surface area contributed by atoms with E-state index in [9.17, 15) is 22.0 Å². The number of sulfonamides is 1. The Morgan fingerprint density at radius 2 is 1.81 bits per heavy atom. The highest BCUT2D eigenvalue weighted by atomic mass is 32.2. The van der Waals surface area contributed by atoms with Crippen molar-refractivity contribution in [3.05, 3.63) is 48.0 Å². The lowest BCUT2D eigenvalue weighted by Gasteiger charge is -2.22. The Morgan fingerprint density at radius 1 is 1.11 bits per heavy atom. The van der Waals surface area contributed by atoms with Crippen LogP contribution in [0.25, 0.3) is 0 Å². The van der Waals surface area contributed by atoms with Crippen molar-refractivity contribution in [3.8, 4) is 11.5 Å². The van der Waals surface area contributed by atoms with Gasteiger partial charge in [-0.3, -0.25) is 9.10 Å². The molecular formula is C17H18F2N2O5S. The minimum atomic E-state index is -4.02. The number of amides is 1. The van der Waals surface area contributed by atoms with E-state index >= 15 is 0 Å². The number of anilines is 2. The first kappa shape index (κ1) is 20.4. The van der Waals surface area contributed by atoms with E-state index in [-0.39, 0.29) is 5.69 Å². The zero-order valence-corrected chi connectivity index (χ0v) is 15.6. The van der Waals surface area contributed by atoms with Gasteiger partial charge in [0.2, 0.25) is 15.9 Å². The summed E-state index contributed by atoms with van der Waals surface area (Å²) in [6.07, 6.45) is 0.815. The maximum Gasteiger partial charge on any atom is 0.245 e. The Morgan fingerprint density at radius 3 is 2.37 bits per heavy atom. The van der Waals surface area contributed by atoms with Gasteiger partial charge in [-0.1, -0.05) is 0 Å². The normalized spacial score (nSPS) is 11.0. The molecule has 0 saturated heterocycles. The average Bonchev–Trinajstić information content (AvgIpc) is 2.59. The summed E-state index contributed by atoms with van der Waals surface area (Å²) in [5.41, 5.74) is -0.193. The molecule has 0 saturated carbocycles. The van der Waals surface area contributed by atoms with E-state index in [2.05, 4.69) is 5.32 Å². The van der Waals surface area contributed by atoms with Crippen molar-refractivity contribution >= 4 is 27.3 Å². The quantitative estimate of drug-likeness (QED) is 0.772. The van der Waals surface area contributed by atoms with Gasteiger partial charge in [0.15, 0.2) is 0 Å². The van der Waals surface area contributed by atoms with Crippen molar-refractivity contribution in [3.63, 3.8) is 0 Å². The molecule has 0 aromatic heterocycles. The van der Waals surface area contributed by atoms with Crippen molar-refractivity contribution in [1.82, 2.24) is 0 Å². The molecule has 146 valence electrons. The van der Waals surface area contributed by atoms with E-state index in [4.69, 9.17) is 9.47 Å². The van der Waals surface area contributed by atoms with Gasteiger partial charge in [0, 0.05) is 12.1 Å². The van der Waals surface area contributed by atoms with E-state index in [1.165, 1.54) is 20.3 Å². The summed E-state index contributed by atoms with van der Waals surface area (Å²) in [5, 5.41) is 2.49. The van der Waals surface area contributed by atoms with E-state index in [0.29, 0.717) is 21.9 Å². The number of hydrogen-bond acceptors (Lipinski definition) is 5. The summed E-state index contributed by atoms with van der Waals surface area (Å²) in [6, 6.07) is 7.05. The second kappa shape index (κ2) is 8.21. The van der Waals surface area contributed by atoms with Gasteiger partial charge in [0.25, 0.3) is 0 Å². The molecule has 0 aliphatic carbocycles. The molecule has 0 radical (unpaired) electrons. The van der Waals surface area contributed by atoms with Crippen LogP contribution in [0.3, 0.4) is 0 Å². The van der Waals surface area contributed by atoms with Gasteiger partial charge in [0.05, 0.1) is 31.9 Å². The summed E-state index contributed by atoms with van der Waals surface area (Å²) < 4.78 is 61.9. The second-order valence-corrected chi connectivity index (χ2v) is 7.39. The van der Waals surface area contributed by atoms with Gasteiger partial charge in [0.1, 0.15) is 29.7 Å². The first-order valence-electron chi connectivity index (χ1n) is 7.60. The number of methoxy groups -OCH3 is 2. The van der Waals surface area contributed by atoms with Gasteiger partial charge >= 0.3 is 0 Å². The van der Waals surface area contributed by atoms with Crippen LogP contribution in [-0.2, 0) is 14.8 Å². The van der Waals surface area contributed by atoms with E-state index in [1.807, 2.05) is 0 Å². The van der Waals surface area contributed by atoms with Crippen LogP contribution in [0.4, 0.5) is 20.2 Å². The average molecular weight is 400 g/mol. The third-order valence-corrected chi connectivity index (χ3v) is 4.67. The summed E-state index contributed by atoms with van der Waals surface area (Å²) in [4.78, 5) is 12.4. The summed E-state index contributed by atoms with van der Waals surface area (Å²) in [6.45, 7) is -0.720. The van der Waals surface area contributed by atoms with Crippen LogP contribution < -0.4 is 19.1 Å². The first-order valence-corrected chi connectivity index (χ1v) is 9.45. The predicted molar refractivity (Wildman–Crippen MR) is 96.7 cm³/mol. The first-order chi connectivity index (χ1) is 12.7. The number of rotatable bonds is 7. The van der Waals surface area contributed by atoms with Crippen LogP contribution in [0.5, 0.6) is 11.5 Å². The fraction of sp³-hybridized carbons (Fsp3) is 0.235. The molecule has 0 heterocycles. The number of halogens is 2. The van der Waals surface area contributed by atoms with Crippen LogP contribution >= 0.6 is 0 Å². The van der Waals surface area contributed by atoms with Gasteiger partial charge in [-0.2, -0.15) is 0 Å². The van der Waals surface area contributed by atoms with Gasteiger partial charge < -0.3 is 14.8 Å². The molecular weight excluding hydrogens is 382 g/mol. The smallest absolute Gasteiger partial charge is 0.245 e. The van der Waals surface area contributed by atoms with Crippen LogP contribution in [0.1, 0.15) is 0 Å². The highest BCUT2D eigenvalue weighted by molar-refractivity contribution is 7.92. The minimum Gasteiger partial charge on any atom is -0.497 e. The number of carbonyl (C=O) groups is 1. The zero-order valence-electron chi connectivity index (χ0n) is 14.8. The predicted octanol–water partition coefficient (Wildman–Crippen LogP) is 2.39. The number of nitrogens with one attached hydrogen (secondary N) is 1. The Hall–Kier alpha value is -2.88. The molecule has 2 aromatic carbocycles. The van der Waals surface area contributed by atoms with E-state index < -0.39 is 39.8 Å². The largest absolute Gasteiger partial charge is 0.497 e. The van der Waals surface area contributed by atoms with Crippen molar-refractivity contribution < 1.29 is 31.5 Å². The van der Waals surface area contributed by atoms with Crippen molar-refractivity contribution in [2.24, 2.45) is 0 Å². The number of hydrogen-bond donors (Lipinski definition) is 1. The number of benzene rings is 2. The topological polar surface area (TPSA) is 84.9 Å². The van der Waals surface area contributed by atoms with Gasteiger partial charge in [-0.25, -0.2) is 17.2 Å². The number of nitrogens with zero attached hydrogens (tertiary/aromatic N) is 1. The van der Waals surface area contributed by atoms with E-state index in [1.54, 1.807) is 12.1 Å². The van der Waals surface area contributed by atoms with Crippen molar-refractivity contribution in [2.45, 2.75) is 0 Å². The summed E-state index contributed by atoms with van der Waals surface area (Å²) in [7, 11) is -1.18. The fourth-order valence-electron chi connectivity index (χ4n) is 2.30. The molecule has 10 heteroatoms. The summed E-state index contributed by atoms with van der Waals surface area (Å²) in [5.74, 6) is -1.96. The molecule has 7 nitrogen and oxygen atoms in total. The number of carbonyl (C=O) groups excluding carboxylic acids is 1. The Balaban J connectivity index is 2.30. The standard InChI is InChI=1S/C17H18F2N2O5S/c1-25-12-5-7-16(26-2)14(9-12)20-17(22)10-21(27(3,23)24)15-6-4-11(18)8-13(15)19/h4-9H,10H2,1-3H3,(H,20,22). The molecule has 27 heavy (non-hydrogen) atoms. The maximum absolute atomic E-state index is 14.0. The van der Waals surface area contributed by atoms with Crippen molar-refractivity contribution in [2.75, 3.05) is 36.6 Å². The Kier molecular flexibility index (Phi) is 6.21. The van der Waals surface area contributed by atoms with Crippen LogP contribution in [0.15, 0.2) is 36.4 Å². The van der Waals surface area contributed by atoms with Gasteiger partial charge in [-0.15, -0.1) is 0 Å². The Labute approximate surface area is 155 Å². The molecule has 0 bridgehead atoms. The third kappa shape index (κ3) is 5.07. The highest BCUT2D eigenvalue weighted by Crippen LogP contribution is 2.29. The minimum absolute atomic E-state index is 0.245. The molecule has 2 rings (SSSR count). The lowest BCUT2D eigenvalue weighted by Crippen LogP contribution is -2.38. The van der Waals surface area contributed by atoms with Crippen LogP contribution in [0.2, 0.25) is 0 Å². The van der Waals surface area contributed by atoms with Crippen LogP contribution in [-0.4, -0.2) is 41.3 Å². The zero-order chi connectivity index (χ0) is 20.2. The molecule has 0 fully saturated rings. The molecule has 0 unspecified atom stereocenters. The monoisotopic (exact) mass is 400 g/mol. The molecule has 1 N–H and O–H groups in total. The molecule has 0 atom stereocenters. The summed E-state index contributed by atoms with van der Waals surface area (Å²) >= 11 is 0. The van der Waals surface area contributed by atoms with Crippen LogP contribution in [0, 0.1) is 11.6 Å². The second-order valence-electron chi connectivity index (χ2n) is 5.48. The molecule has 1 amide bonds.